The Bertz CT molecular complexity index is 1320. The highest BCUT2D eigenvalue weighted by atomic mass is 32.2. The molecule has 0 radical (unpaired) electrons. The van der Waals surface area contributed by atoms with E-state index in [1.807, 2.05) is 67.6 Å². The van der Waals surface area contributed by atoms with Gasteiger partial charge in [-0.1, -0.05) is 30.3 Å². The number of benzene rings is 3. The second kappa shape index (κ2) is 9.70. The number of carbonyl (C=O) groups is 1. The monoisotopic (exact) mass is 445 g/mol. The van der Waals surface area contributed by atoms with Crippen LogP contribution in [-0.2, 0) is 4.79 Å². The molecule has 4 rings (SSSR count). The second-order valence-corrected chi connectivity index (χ2v) is 8.15. The van der Waals surface area contributed by atoms with E-state index in [9.17, 15) is 4.79 Å². The summed E-state index contributed by atoms with van der Waals surface area (Å²) in [4.78, 5) is 18.0. The Kier molecular flexibility index (Phi) is 6.56. The summed E-state index contributed by atoms with van der Waals surface area (Å²) in [6.07, 6.45) is 1.63. The van der Waals surface area contributed by atoms with E-state index >= 15 is 0 Å². The van der Waals surface area contributed by atoms with Crippen LogP contribution in [0.2, 0.25) is 0 Å². The molecule has 0 spiro atoms. The van der Waals surface area contributed by atoms with Gasteiger partial charge in [0.1, 0.15) is 11.5 Å². The number of rotatable bonds is 7. The van der Waals surface area contributed by atoms with E-state index in [0.717, 1.165) is 43.6 Å². The van der Waals surface area contributed by atoms with E-state index in [0.29, 0.717) is 5.75 Å². The summed E-state index contributed by atoms with van der Waals surface area (Å²) in [6.45, 7) is 1.94. The SMILES string of the molecule is COc1ccc2nc(C)cc(SCC(=O)N/N=C\c3c(OC)ccc4ccccc34)c2c1. The van der Waals surface area contributed by atoms with Gasteiger partial charge in [0.25, 0.3) is 0 Å². The largest absolute Gasteiger partial charge is 0.497 e. The van der Waals surface area contributed by atoms with Gasteiger partial charge in [-0.25, -0.2) is 5.43 Å². The molecule has 32 heavy (non-hydrogen) atoms. The normalized spacial score (nSPS) is 11.2. The molecule has 1 N–H and O–H groups in total. The van der Waals surface area contributed by atoms with Gasteiger partial charge in [0.15, 0.2) is 0 Å². The molecule has 0 bridgehead atoms. The van der Waals surface area contributed by atoms with Gasteiger partial charge in [0.05, 0.1) is 31.7 Å². The number of amides is 1. The van der Waals surface area contributed by atoms with Crippen LogP contribution in [0.3, 0.4) is 0 Å². The lowest BCUT2D eigenvalue weighted by Crippen LogP contribution is -2.19. The number of ether oxygens (including phenoxy) is 2. The molecule has 3 aromatic carbocycles. The maximum absolute atomic E-state index is 12.5. The number of thioether (sulfide) groups is 1. The molecule has 0 fully saturated rings. The van der Waals surface area contributed by atoms with Gasteiger partial charge in [-0.3, -0.25) is 9.78 Å². The zero-order valence-electron chi connectivity index (χ0n) is 18.1. The number of hydrogen-bond acceptors (Lipinski definition) is 6. The van der Waals surface area contributed by atoms with Crippen molar-refractivity contribution in [3.8, 4) is 11.5 Å². The van der Waals surface area contributed by atoms with Crippen molar-refractivity contribution in [1.82, 2.24) is 10.4 Å². The van der Waals surface area contributed by atoms with Crippen molar-refractivity contribution in [2.24, 2.45) is 5.10 Å². The van der Waals surface area contributed by atoms with Gasteiger partial charge >= 0.3 is 0 Å². The van der Waals surface area contributed by atoms with E-state index in [4.69, 9.17) is 9.47 Å². The van der Waals surface area contributed by atoms with Crippen LogP contribution in [0, 0.1) is 6.92 Å². The molecule has 4 aromatic rings. The number of carbonyl (C=O) groups excluding carboxylic acids is 1. The zero-order chi connectivity index (χ0) is 22.5. The minimum absolute atomic E-state index is 0.198. The maximum Gasteiger partial charge on any atom is 0.250 e. The Hall–Kier alpha value is -3.58. The highest BCUT2D eigenvalue weighted by molar-refractivity contribution is 8.00. The van der Waals surface area contributed by atoms with Crippen molar-refractivity contribution in [3.05, 3.63) is 71.9 Å². The summed E-state index contributed by atoms with van der Waals surface area (Å²) >= 11 is 1.44. The lowest BCUT2D eigenvalue weighted by Gasteiger charge is -2.09. The van der Waals surface area contributed by atoms with Crippen molar-refractivity contribution in [2.75, 3.05) is 20.0 Å². The second-order valence-electron chi connectivity index (χ2n) is 7.13. The highest BCUT2D eigenvalue weighted by Crippen LogP contribution is 2.30. The Morgan fingerprint density at radius 1 is 1.06 bits per heavy atom. The van der Waals surface area contributed by atoms with Gasteiger partial charge in [-0.15, -0.1) is 11.8 Å². The van der Waals surface area contributed by atoms with Crippen molar-refractivity contribution in [3.63, 3.8) is 0 Å². The molecule has 6 nitrogen and oxygen atoms in total. The molecule has 0 atom stereocenters. The molecule has 0 saturated carbocycles. The molecule has 0 aliphatic rings. The maximum atomic E-state index is 12.5. The number of aromatic nitrogens is 1. The number of nitrogens with zero attached hydrogens (tertiary/aromatic N) is 2. The Labute approximate surface area is 190 Å². The van der Waals surface area contributed by atoms with Gasteiger partial charge in [-0.05, 0) is 48.0 Å². The summed E-state index contributed by atoms with van der Waals surface area (Å²) in [5, 5.41) is 7.21. The van der Waals surface area contributed by atoms with Crippen LogP contribution in [0.5, 0.6) is 11.5 Å². The number of fused-ring (bicyclic) bond motifs is 2. The standard InChI is InChI=1S/C25H23N3O3S/c1-16-12-24(20-13-18(30-2)9-10-22(20)27-16)32-15-25(29)28-26-14-21-19-7-5-4-6-17(19)8-11-23(21)31-3/h4-14H,15H2,1-3H3,(H,28,29)/b26-14-. The fourth-order valence-electron chi connectivity index (χ4n) is 3.48. The Morgan fingerprint density at radius 2 is 1.91 bits per heavy atom. The van der Waals surface area contributed by atoms with Crippen molar-refractivity contribution < 1.29 is 14.3 Å². The number of nitrogens with one attached hydrogen (secondary N) is 1. The number of hydrogen-bond donors (Lipinski definition) is 1. The van der Waals surface area contributed by atoms with Crippen LogP contribution < -0.4 is 14.9 Å². The summed E-state index contributed by atoms with van der Waals surface area (Å²) in [7, 11) is 3.25. The van der Waals surface area contributed by atoms with Gasteiger partial charge < -0.3 is 9.47 Å². The Morgan fingerprint density at radius 3 is 2.72 bits per heavy atom. The smallest absolute Gasteiger partial charge is 0.250 e. The number of pyridine rings is 1. The van der Waals surface area contributed by atoms with Gasteiger partial charge in [0.2, 0.25) is 5.91 Å². The first-order valence-electron chi connectivity index (χ1n) is 10.0. The first kappa shape index (κ1) is 21.6. The molecule has 0 unspecified atom stereocenters. The fourth-order valence-corrected chi connectivity index (χ4v) is 4.40. The third-order valence-electron chi connectivity index (χ3n) is 5.00. The van der Waals surface area contributed by atoms with Crippen molar-refractivity contribution >= 4 is 45.6 Å². The first-order valence-corrected chi connectivity index (χ1v) is 11.0. The fraction of sp³-hybridized carbons (Fsp3) is 0.160. The minimum atomic E-state index is -0.198. The molecule has 1 aromatic heterocycles. The average Bonchev–Trinajstić information content (AvgIpc) is 2.82. The average molecular weight is 446 g/mol. The summed E-state index contributed by atoms with van der Waals surface area (Å²) in [5.41, 5.74) is 5.20. The molecule has 0 aliphatic heterocycles. The molecule has 7 heteroatoms. The predicted molar refractivity (Wildman–Crippen MR) is 130 cm³/mol. The lowest BCUT2D eigenvalue weighted by atomic mass is 10.0. The van der Waals surface area contributed by atoms with Crippen molar-refractivity contribution in [2.45, 2.75) is 11.8 Å². The van der Waals surface area contributed by atoms with Crippen LogP contribution in [0.1, 0.15) is 11.3 Å². The first-order chi connectivity index (χ1) is 15.6. The minimum Gasteiger partial charge on any atom is -0.497 e. The molecular weight excluding hydrogens is 422 g/mol. The van der Waals surface area contributed by atoms with Crippen LogP contribution in [-0.4, -0.2) is 37.1 Å². The van der Waals surface area contributed by atoms with Crippen molar-refractivity contribution in [1.29, 1.82) is 0 Å². The molecule has 1 heterocycles. The number of methoxy groups -OCH3 is 2. The molecule has 162 valence electrons. The summed E-state index contributed by atoms with van der Waals surface area (Å²) in [5.74, 6) is 1.47. The lowest BCUT2D eigenvalue weighted by molar-refractivity contribution is -0.118. The summed E-state index contributed by atoms with van der Waals surface area (Å²) < 4.78 is 10.8. The molecule has 0 saturated heterocycles. The molecular formula is C25H23N3O3S. The highest BCUT2D eigenvalue weighted by Gasteiger charge is 2.10. The molecule has 1 amide bonds. The van der Waals surface area contributed by atoms with E-state index in [2.05, 4.69) is 15.5 Å². The third kappa shape index (κ3) is 4.68. The van der Waals surface area contributed by atoms with Crippen LogP contribution >= 0.6 is 11.8 Å². The van der Waals surface area contributed by atoms with E-state index in [1.54, 1.807) is 20.4 Å². The third-order valence-corrected chi connectivity index (χ3v) is 6.05. The topological polar surface area (TPSA) is 72.8 Å². The Balaban J connectivity index is 1.48. The van der Waals surface area contributed by atoms with E-state index in [-0.39, 0.29) is 11.7 Å². The summed E-state index contributed by atoms with van der Waals surface area (Å²) in [6, 6.07) is 19.6. The predicted octanol–water partition coefficient (Wildman–Crippen LogP) is 4.96. The quantitative estimate of drug-likeness (QED) is 0.247. The van der Waals surface area contributed by atoms with Crippen LogP contribution in [0.15, 0.2) is 70.7 Å². The van der Waals surface area contributed by atoms with Crippen LogP contribution in [0.25, 0.3) is 21.7 Å². The van der Waals surface area contributed by atoms with E-state index < -0.39 is 0 Å². The van der Waals surface area contributed by atoms with Gasteiger partial charge in [-0.2, -0.15) is 5.10 Å². The van der Waals surface area contributed by atoms with E-state index in [1.165, 1.54) is 11.8 Å². The number of hydrazone groups is 1. The van der Waals surface area contributed by atoms with Gasteiger partial charge in [0, 0.05) is 21.5 Å². The van der Waals surface area contributed by atoms with Crippen LogP contribution in [0.4, 0.5) is 0 Å². The zero-order valence-corrected chi connectivity index (χ0v) is 18.9. The number of aryl methyl sites for hydroxylation is 1. The molecule has 0 aliphatic carbocycles.